The number of nitrogens with one attached hydrogen (secondary N) is 2. The molecule has 0 saturated carbocycles. The third kappa shape index (κ3) is 4.48. The molecule has 1 rings (SSSR count). The Kier molecular flexibility index (Phi) is 4.83. The summed E-state index contributed by atoms with van der Waals surface area (Å²) in [7, 11) is 0. The van der Waals surface area contributed by atoms with Crippen molar-refractivity contribution >= 4 is 11.7 Å². The number of Topliss-reactive ketones (excluding diaryl/α,β-unsaturated/α-hetero) is 1. The Morgan fingerprint density at radius 3 is 2.58 bits per heavy atom. The van der Waals surface area contributed by atoms with Crippen molar-refractivity contribution in [1.29, 1.82) is 0 Å². The van der Waals surface area contributed by atoms with Gasteiger partial charge in [0.1, 0.15) is 0 Å². The van der Waals surface area contributed by atoms with E-state index in [0.29, 0.717) is 6.42 Å². The van der Waals surface area contributed by atoms with Gasteiger partial charge in [-0.1, -0.05) is 20.8 Å². The molecule has 0 spiro atoms. The lowest BCUT2D eigenvalue weighted by molar-refractivity contribution is -0.132. The van der Waals surface area contributed by atoms with E-state index in [1.807, 2.05) is 20.8 Å². The Morgan fingerprint density at radius 1 is 1.47 bits per heavy atom. The number of ketones is 1. The second kappa shape index (κ2) is 5.97. The lowest BCUT2D eigenvalue weighted by atomic mass is 9.87. The van der Waals surface area contributed by atoms with Crippen molar-refractivity contribution in [2.24, 2.45) is 11.1 Å². The second-order valence-corrected chi connectivity index (χ2v) is 5.72. The number of H-pyrrole nitrogens is 1. The first-order valence-corrected chi connectivity index (χ1v) is 6.29. The number of nitrogens with zero attached hydrogens (tertiary/aromatic N) is 1. The maximum absolute atomic E-state index is 12.0. The van der Waals surface area contributed by atoms with Gasteiger partial charge in [0.25, 0.3) is 0 Å². The molecule has 6 heteroatoms. The standard InChI is InChI=1S/C13H22N4O2/c1-8(11(18)13(2,3)4)17-12(19)10(14)5-9-6-15-7-16-9/h6-8,10H,5,14H2,1-4H3,(H,15,16)(H,17,19). The monoisotopic (exact) mass is 266 g/mol. The van der Waals surface area contributed by atoms with Crippen LogP contribution in [0.2, 0.25) is 0 Å². The maximum atomic E-state index is 12.0. The summed E-state index contributed by atoms with van der Waals surface area (Å²) in [4.78, 5) is 30.7. The molecule has 0 aromatic carbocycles. The van der Waals surface area contributed by atoms with Gasteiger partial charge in [0.15, 0.2) is 5.78 Å². The molecule has 0 fully saturated rings. The highest BCUT2D eigenvalue weighted by atomic mass is 16.2. The minimum Gasteiger partial charge on any atom is -0.351 e. The van der Waals surface area contributed by atoms with Gasteiger partial charge in [0.05, 0.1) is 24.1 Å². The molecule has 19 heavy (non-hydrogen) atoms. The van der Waals surface area contributed by atoms with Crippen LogP contribution < -0.4 is 11.1 Å². The number of aromatic amines is 1. The first-order valence-electron chi connectivity index (χ1n) is 6.29. The van der Waals surface area contributed by atoms with Crippen LogP contribution in [-0.4, -0.2) is 33.7 Å². The second-order valence-electron chi connectivity index (χ2n) is 5.72. The zero-order valence-corrected chi connectivity index (χ0v) is 11.9. The van der Waals surface area contributed by atoms with E-state index in [-0.39, 0.29) is 11.7 Å². The van der Waals surface area contributed by atoms with Crippen LogP contribution in [0.1, 0.15) is 33.4 Å². The molecule has 0 saturated heterocycles. The van der Waals surface area contributed by atoms with E-state index in [4.69, 9.17) is 5.73 Å². The number of aromatic nitrogens is 2. The van der Waals surface area contributed by atoms with Crippen LogP contribution in [0.5, 0.6) is 0 Å². The van der Waals surface area contributed by atoms with Crippen LogP contribution in [-0.2, 0) is 16.0 Å². The molecule has 1 aromatic heterocycles. The van der Waals surface area contributed by atoms with Crippen molar-refractivity contribution in [1.82, 2.24) is 15.3 Å². The van der Waals surface area contributed by atoms with E-state index in [1.165, 1.54) is 6.33 Å². The van der Waals surface area contributed by atoms with E-state index >= 15 is 0 Å². The van der Waals surface area contributed by atoms with Crippen LogP contribution in [0, 0.1) is 5.41 Å². The largest absolute Gasteiger partial charge is 0.351 e. The molecule has 1 amide bonds. The minimum atomic E-state index is -0.710. The molecule has 0 aliphatic carbocycles. The maximum Gasteiger partial charge on any atom is 0.237 e. The predicted molar refractivity (Wildman–Crippen MR) is 72.3 cm³/mol. The molecule has 1 heterocycles. The molecule has 0 radical (unpaired) electrons. The molecule has 2 atom stereocenters. The molecule has 0 bridgehead atoms. The summed E-state index contributed by atoms with van der Waals surface area (Å²) in [6, 6.07) is -1.25. The zero-order valence-electron chi connectivity index (χ0n) is 11.9. The fourth-order valence-corrected chi connectivity index (χ4v) is 1.76. The van der Waals surface area contributed by atoms with E-state index < -0.39 is 17.5 Å². The number of hydrogen-bond acceptors (Lipinski definition) is 4. The van der Waals surface area contributed by atoms with Crippen molar-refractivity contribution in [2.75, 3.05) is 0 Å². The van der Waals surface area contributed by atoms with Crippen molar-refractivity contribution in [3.63, 3.8) is 0 Å². The van der Waals surface area contributed by atoms with Gasteiger partial charge in [0, 0.05) is 18.0 Å². The Hall–Kier alpha value is -1.69. The first kappa shape index (κ1) is 15.4. The van der Waals surface area contributed by atoms with Gasteiger partial charge in [-0.3, -0.25) is 9.59 Å². The summed E-state index contributed by atoms with van der Waals surface area (Å²) in [6.07, 6.45) is 3.56. The Morgan fingerprint density at radius 2 is 2.11 bits per heavy atom. The van der Waals surface area contributed by atoms with Gasteiger partial charge in [0.2, 0.25) is 5.91 Å². The van der Waals surface area contributed by atoms with Crippen LogP contribution in [0.3, 0.4) is 0 Å². The summed E-state index contributed by atoms with van der Waals surface area (Å²) in [6.45, 7) is 7.14. The quantitative estimate of drug-likeness (QED) is 0.718. The molecule has 6 nitrogen and oxygen atoms in total. The first-order chi connectivity index (χ1) is 8.71. The lowest BCUT2D eigenvalue weighted by Gasteiger charge is -2.23. The normalized spacial score (nSPS) is 14.8. The number of rotatable bonds is 5. The molecule has 4 N–H and O–H groups in total. The number of hydrogen-bond donors (Lipinski definition) is 3. The highest BCUT2D eigenvalue weighted by molar-refractivity contribution is 5.93. The fourth-order valence-electron chi connectivity index (χ4n) is 1.76. The Labute approximate surface area is 113 Å². The highest BCUT2D eigenvalue weighted by Crippen LogP contribution is 2.16. The number of carbonyl (C=O) groups is 2. The van der Waals surface area contributed by atoms with Crippen LogP contribution in [0.4, 0.5) is 0 Å². The van der Waals surface area contributed by atoms with Gasteiger partial charge < -0.3 is 16.0 Å². The van der Waals surface area contributed by atoms with Crippen LogP contribution in [0.25, 0.3) is 0 Å². The van der Waals surface area contributed by atoms with Gasteiger partial charge in [-0.25, -0.2) is 4.98 Å². The van der Waals surface area contributed by atoms with Crippen molar-refractivity contribution in [3.05, 3.63) is 18.2 Å². The Bertz CT molecular complexity index is 434. The van der Waals surface area contributed by atoms with Gasteiger partial charge >= 0.3 is 0 Å². The van der Waals surface area contributed by atoms with E-state index in [2.05, 4.69) is 15.3 Å². The third-order valence-corrected chi connectivity index (χ3v) is 2.81. The van der Waals surface area contributed by atoms with Gasteiger partial charge in [-0.2, -0.15) is 0 Å². The van der Waals surface area contributed by atoms with Crippen LogP contribution >= 0.6 is 0 Å². The fraction of sp³-hybridized carbons (Fsp3) is 0.615. The number of nitrogens with two attached hydrogens (primary N) is 1. The number of imidazole rings is 1. The molecular weight excluding hydrogens is 244 g/mol. The smallest absolute Gasteiger partial charge is 0.237 e. The molecular formula is C13H22N4O2. The van der Waals surface area contributed by atoms with Gasteiger partial charge in [-0.05, 0) is 6.92 Å². The minimum absolute atomic E-state index is 0.0205. The van der Waals surface area contributed by atoms with E-state index in [9.17, 15) is 9.59 Å². The summed E-state index contributed by atoms with van der Waals surface area (Å²) >= 11 is 0. The molecule has 0 aliphatic heterocycles. The van der Waals surface area contributed by atoms with E-state index in [0.717, 1.165) is 5.69 Å². The molecule has 106 valence electrons. The highest BCUT2D eigenvalue weighted by Gasteiger charge is 2.28. The zero-order chi connectivity index (χ0) is 14.6. The van der Waals surface area contributed by atoms with Crippen molar-refractivity contribution < 1.29 is 9.59 Å². The third-order valence-electron chi connectivity index (χ3n) is 2.81. The molecule has 2 unspecified atom stereocenters. The number of carbonyl (C=O) groups excluding carboxylic acids is 2. The van der Waals surface area contributed by atoms with Gasteiger partial charge in [-0.15, -0.1) is 0 Å². The van der Waals surface area contributed by atoms with E-state index in [1.54, 1.807) is 13.1 Å². The van der Waals surface area contributed by atoms with Crippen molar-refractivity contribution in [3.8, 4) is 0 Å². The SMILES string of the molecule is CC(NC(=O)C(N)Cc1c[nH]cn1)C(=O)C(C)(C)C. The van der Waals surface area contributed by atoms with Crippen LogP contribution in [0.15, 0.2) is 12.5 Å². The average Bonchev–Trinajstić information content (AvgIpc) is 2.79. The topological polar surface area (TPSA) is 101 Å². The average molecular weight is 266 g/mol. The molecule has 0 aliphatic rings. The summed E-state index contributed by atoms with van der Waals surface area (Å²) < 4.78 is 0. The van der Waals surface area contributed by atoms with Crippen molar-refractivity contribution in [2.45, 2.75) is 46.2 Å². The summed E-state index contributed by atoms with van der Waals surface area (Å²) in [5, 5.41) is 2.65. The predicted octanol–water partition coefficient (Wildman–Crippen LogP) is 0.399. The number of amides is 1. The summed E-state index contributed by atoms with van der Waals surface area (Å²) in [5.41, 5.74) is 6.02. The lowest BCUT2D eigenvalue weighted by Crippen LogP contribution is -2.50. The summed E-state index contributed by atoms with van der Waals surface area (Å²) in [5.74, 6) is -0.360. The molecule has 1 aromatic rings. The Balaban J connectivity index is 2.52.